The summed E-state index contributed by atoms with van der Waals surface area (Å²) in [5, 5.41) is 4.18. The first-order chi connectivity index (χ1) is 14.3. The predicted octanol–water partition coefficient (Wildman–Crippen LogP) is 3.77. The maximum Gasteiger partial charge on any atom is 0.126 e. The second-order valence-electron chi connectivity index (χ2n) is 7.91. The standard InChI is InChI=1S/C22H25FN4O2S/c1-14-8-17(27-30(2,3)28)11-20-22(14)19(25-13-26-20)9-15-4-5-16(23)10-21(15)29-18-6-7-24-12-18/h4-5,8,10-11,13,18,24H,6-7,9,12H2,1-3H3/t18-/m1/s1. The van der Waals surface area contributed by atoms with Crippen LogP contribution < -0.4 is 10.1 Å². The average molecular weight is 429 g/mol. The average Bonchev–Trinajstić information content (AvgIpc) is 3.15. The summed E-state index contributed by atoms with van der Waals surface area (Å²) < 4.78 is 36.4. The molecule has 3 aromatic rings. The van der Waals surface area contributed by atoms with Crippen molar-refractivity contribution in [1.82, 2.24) is 15.3 Å². The van der Waals surface area contributed by atoms with E-state index >= 15 is 0 Å². The van der Waals surface area contributed by atoms with Gasteiger partial charge in [-0.2, -0.15) is 4.36 Å². The fraction of sp³-hybridized carbons (Fsp3) is 0.364. The van der Waals surface area contributed by atoms with E-state index in [4.69, 9.17) is 4.74 Å². The Morgan fingerprint density at radius 2 is 2.10 bits per heavy atom. The lowest BCUT2D eigenvalue weighted by atomic mass is 10.0. The molecule has 0 spiro atoms. The summed E-state index contributed by atoms with van der Waals surface area (Å²) in [6.07, 6.45) is 6.15. The number of hydrogen-bond acceptors (Lipinski definition) is 6. The third-order valence-electron chi connectivity index (χ3n) is 5.02. The minimum Gasteiger partial charge on any atom is -0.489 e. The van der Waals surface area contributed by atoms with E-state index in [0.717, 1.165) is 47.2 Å². The van der Waals surface area contributed by atoms with Crippen molar-refractivity contribution < 1.29 is 13.3 Å². The van der Waals surface area contributed by atoms with Gasteiger partial charge < -0.3 is 10.1 Å². The summed E-state index contributed by atoms with van der Waals surface area (Å²) in [5.41, 5.74) is 4.04. The van der Waals surface area contributed by atoms with Gasteiger partial charge in [0.1, 0.15) is 24.0 Å². The van der Waals surface area contributed by atoms with Crippen LogP contribution in [0.25, 0.3) is 10.9 Å². The molecule has 6 nitrogen and oxygen atoms in total. The van der Waals surface area contributed by atoms with Gasteiger partial charge >= 0.3 is 0 Å². The van der Waals surface area contributed by atoms with Crippen LogP contribution in [-0.4, -0.2) is 45.9 Å². The third-order valence-corrected chi connectivity index (χ3v) is 5.67. The van der Waals surface area contributed by atoms with E-state index in [9.17, 15) is 8.60 Å². The number of nitrogens with zero attached hydrogens (tertiary/aromatic N) is 3. The first kappa shape index (κ1) is 20.7. The van der Waals surface area contributed by atoms with Crippen LogP contribution in [0.4, 0.5) is 10.1 Å². The van der Waals surface area contributed by atoms with Crippen molar-refractivity contribution in [3.8, 4) is 5.75 Å². The Morgan fingerprint density at radius 3 is 2.83 bits per heavy atom. The molecule has 8 heteroatoms. The highest BCUT2D eigenvalue weighted by Crippen LogP contribution is 2.30. The lowest BCUT2D eigenvalue weighted by Gasteiger charge is -2.17. The van der Waals surface area contributed by atoms with Crippen molar-refractivity contribution in [2.75, 3.05) is 25.6 Å². The van der Waals surface area contributed by atoms with E-state index < -0.39 is 9.73 Å². The summed E-state index contributed by atoms with van der Waals surface area (Å²) >= 11 is 0. The van der Waals surface area contributed by atoms with Gasteiger partial charge in [-0.3, -0.25) is 0 Å². The quantitative estimate of drug-likeness (QED) is 0.670. The maximum atomic E-state index is 13.9. The zero-order valence-electron chi connectivity index (χ0n) is 17.3. The highest BCUT2D eigenvalue weighted by molar-refractivity contribution is 7.92. The van der Waals surface area contributed by atoms with Gasteiger partial charge in [0.05, 0.1) is 16.9 Å². The molecule has 1 aliphatic rings. The van der Waals surface area contributed by atoms with E-state index in [1.165, 1.54) is 18.5 Å². The molecule has 0 radical (unpaired) electrons. The normalized spacial score (nSPS) is 16.7. The van der Waals surface area contributed by atoms with Gasteiger partial charge in [0.15, 0.2) is 0 Å². The molecule has 1 atom stereocenters. The number of ether oxygens (including phenoxy) is 1. The smallest absolute Gasteiger partial charge is 0.126 e. The molecule has 0 amide bonds. The van der Waals surface area contributed by atoms with E-state index in [-0.39, 0.29) is 11.9 Å². The minimum absolute atomic E-state index is 0.0385. The SMILES string of the molecule is Cc1cc(N=S(C)(C)=O)cc2ncnc(Cc3ccc(F)cc3O[C@@H]3CCNC3)c12. The van der Waals surface area contributed by atoms with Crippen molar-refractivity contribution in [3.05, 3.63) is 59.3 Å². The van der Waals surface area contributed by atoms with Crippen LogP contribution in [0.5, 0.6) is 5.75 Å². The molecule has 0 bridgehead atoms. The molecule has 0 unspecified atom stereocenters. The number of nitrogens with one attached hydrogen (secondary N) is 1. The maximum absolute atomic E-state index is 13.9. The Bertz CT molecular complexity index is 1210. The first-order valence-corrected chi connectivity index (χ1v) is 12.2. The number of benzene rings is 2. The monoisotopic (exact) mass is 428 g/mol. The highest BCUT2D eigenvalue weighted by Gasteiger charge is 2.19. The summed E-state index contributed by atoms with van der Waals surface area (Å²) in [6.45, 7) is 3.63. The van der Waals surface area contributed by atoms with Crippen LogP contribution in [0, 0.1) is 12.7 Å². The number of aromatic nitrogens is 2. The Balaban J connectivity index is 1.73. The van der Waals surface area contributed by atoms with Gasteiger partial charge in [0, 0.05) is 52.2 Å². The summed E-state index contributed by atoms with van der Waals surface area (Å²) in [6, 6.07) is 8.37. The van der Waals surface area contributed by atoms with Crippen LogP contribution in [-0.2, 0) is 16.1 Å². The first-order valence-electron chi connectivity index (χ1n) is 9.86. The van der Waals surface area contributed by atoms with E-state index in [1.54, 1.807) is 18.6 Å². The molecule has 2 heterocycles. The minimum atomic E-state index is -2.27. The molecule has 1 fully saturated rings. The Labute approximate surface area is 176 Å². The van der Waals surface area contributed by atoms with E-state index in [1.807, 2.05) is 19.1 Å². The summed E-state index contributed by atoms with van der Waals surface area (Å²) in [7, 11) is -2.27. The largest absolute Gasteiger partial charge is 0.489 e. The van der Waals surface area contributed by atoms with E-state index in [0.29, 0.717) is 17.9 Å². The van der Waals surface area contributed by atoms with Crippen LogP contribution in [0.15, 0.2) is 41.0 Å². The van der Waals surface area contributed by atoms with Gasteiger partial charge in [-0.25, -0.2) is 18.6 Å². The lowest BCUT2D eigenvalue weighted by Crippen LogP contribution is -2.20. The van der Waals surface area contributed by atoms with E-state index in [2.05, 4.69) is 19.6 Å². The molecule has 2 aromatic carbocycles. The van der Waals surface area contributed by atoms with Gasteiger partial charge in [0.2, 0.25) is 0 Å². The van der Waals surface area contributed by atoms with Gasteiger partial charge in [-0.15, -0.1) is 0 Å². The molecule has 1 N–H and O–H groups in total. The van der Waals surface area contributed by atoms with Crippen molar-refractivity contribution in [1.29, 1.82) is 0 Å². The molecular weight excluding hydrogens is 403 g/mol. The van der Waals surface area contributed by atoms with Crippen LogP contribution in [0.2, 0.25) is 0 Å². The zero-order valence-corrected chi connectivity index (χ0v) is 18.1. The molecule has 1 aromatic heterocycles. The Hall–Kier alpha value is -2.58. The summed E-state index contributed by atoms with van der Waals surface area (Å²) in [4.78, 5) is 8.89. The third kappa shape index (κ3) is 4.76. The van der Waals surface area contributed by atoms with Crippen LogP contribution in [0.1, 0.15) is 23.2 Å². The predicted molar refractivity (Wildman–Crippen MR) is 117 cm³/mol. The topological polar surface area (TPSA) is 76.5 Å². The molecule has 4 rings (SSSR count). The molecule has 0 saturated carbocycles. The molecule has 30 heavy (non-hydrogen) atoms. The second kappa shape index (κ2) is 8.28. The fourth-order valence-electron chi connectivity index (χ4n) is 3.77. The van der Waals surface area contributed by atoms with Crippen molar-refractivity contribution in [2.45, 2.75) is 25.9 Å². The van der Waals surface area contributed by atoms with Gasteiger partial charge in [0.25, 0.3) is 0 Å². The number of halogens is 1. The second-order valence-corrected chi connectivity index (χ2v) is 10.5. The number of aryl methyl sites for hydroxylation is 1. The van der Waals surface area contributed by atoms with Crippen molar-refractivity contribution in [3.63, 3.8) is 0 Å². The molecule has 158 valence electrons. The Morgan fingerprint density at radius 1 is 1.27 bits per heavy atom. The van der Waals surface area contributed by atoms with Crippen molar-refractivity contribution in [2.24, 2.45) is 4.36 Å². The number of rotatable bonds is 5. The molecule has 1 saturated heterocycles. The Kier molecular flexibility index (Phi) is 5.71. The highest BCUT2D eigenvalue weighted by atomic mass is 32.2. The van der Waals surface area contributed by atoms with Gasteiger partial charge in [-0.05, 0) is 43.7 Å². The molecule has 1 aliphatic heterocycles. The van der Waals surface area contributed by atoms with Crippen molar-refractivity contribution >= 4 is 26.3 Å². The molecular formula is C22H25FN4O2S. The van der Waals surface area contributed by atoms with Crippen LogP contribution >= 0.6 is 0 Å². The summed E-state index contributed by atoms with van der Waals surface area (Å²) in [5.74, 6) is 0.230. The zero-order chi connectivity index (χ0) is 21.3. The fourth-order valence-corrected chi connectivity index (χ4v) is 4.38. The van der Waals surface area contributed by atoms with Crippen LogP contribution in [0.3, 0.4) is 0 Å². The van der Waals surface area contributed by atoms with Gasteiger partial charge in [-0.1, -0.05) is 6.07 Å². The number of hydrogen-bond donors (Lipinski definition) is 1. The molecule has 0 aliphatic carbocycles. The number of fused-ring (bicyclic) bond motifs is 1. The lowest BCUT2D eigenvalue weighted by molar-refractivity contribution is 0.220.